The van der Waals surface area contributed by atoms with Crippen molar-refractivity contribution >= 4 is 0 Å². The summed E-state index contributed by atoms with van der Waals surface area (Å²) in [5, 5.41) is 3.57. The second kappa shape index (κ2) is 7.65. The summed E-state index contributed by atoms with van der Waals surface area (Å²) in [4.78, 5) is 0. The fourth-order valence-corrected chi connectivity index (χ4v) is 2.82. The Morgan fingerprint density at radius 3 is 2.75 bits per heavy atom. The van der Waals surface area contributed by atoms with Gasteiger partial charge in [0.2, 0.25) is 0 Å². The van der Waals surface area contributed by atoms with E-state index in [2.05, 4.69) is 44.3 Å². The van der Waals surface area contributed by atoms with Crippen LogP contribution in [0.3, 0.4) is 0 Å². The molecule has 1 saturated heterocycles. The first-order valence-electron chi connectivity index (χ1n) is 7.86. The van der Waals surface area contributed by atoms with Crippen molar-refractivity contribution in [2.24, 2.45) is 0 Å². The molecule has 0 saturated carbocycles. The summed E-state index contributed by atoms with van der Waals surface area (Å²) in [6.45, 7) is 8.12. The van der Waals surface area contributed by atoms with Crippen LogP contribution in [0, 0.1) is 0 Å². The van der Waals surface area contributed by atoms with Gasteiger partial charge in [-0.2, -0.15) is 0 Å². The highest BCUT2D eigenvalue weighted by atomic mass is 16.5. The van der Waals surface area contributed by atoms with Gasteiger partial charge >= 0.3 is 0 Å². The van der Waals surface area contributed by atoms with Crippen molar-refractivity contribution in [3.8, 4) is 5.75 Å². The van der Waals surface area contributed by atoms with E-state index in [1.165, 1.54) is 5.56 Å². The molecule has 0 radical (unpaired) electrons. The second-order valence-electron chi connectivity index (χ2n) is 5.48. The summed E-state index contributed by atoms with van der Waals surface area (Å²) < 4.78 is 12.0. The maximum Gasteiger partial charge on any atom is 0.124 e. The molecule has 1 aliphatic heterocycles. The first-order valence-corrected chi connectivity index (χ1v) is 7.86. The fraction of sp³-hybridized carbons (Fsp3) is 0.647. The molecule has 3 atom stereocenters. The van der Waals surface area contributed by atoms with Crippen LogP contribution in [-0.2, 0) is 4.74 Å². The van der Waals surface area contributed by atoms with Crippen molar-refractivity contribution in [1.29, 1.82) is 0 Å². The van der Waals surface area contributed by atoms with E-state index in [0.29, 0.717) is 6.10 Å². The van der Waals surface area contributed by atoms with Gasteiger partial charge < -0.3 is 14.8 Å². The normalized spacial score (nSPS) is 23.8. The Balaban J connectivity index is 2.19. The molecule has 1 aromatic carbocycles. The molecule has 1 heterocycles. The van der Waals surface area contributed by atoms with Crippen molar-refractivity contribution in [3.05, 3.63) is 29.8 Å². The molecular weight excluding hydrogens is 250 g/mol. The number of hydrogen-bond acceptors (Lipinski definition) is 3. The van der Waals surface area contributed by atoms with Gasteiger partial charge in [0, 0.05) is 5.56 Å². The number of hydrogen-bond donors (Lipinski definition) is 1. The predicted octanol–water partition coefficient (Wildman–Crippen LogP) is 3.69. The number of benzene rings is 1. The van der Waals surface area contributed by atoms with Crippen LogP contribution in [0.1, 0.15) is 51.6 Å². The van der Waals surface area contributed by atoms with Gasteiger partial charge in [-0.15, -0.1) is 0 Å². The highest BCUT2D eigenvalue weighted by Gasteiger charge is 2.31. The second-order valence-corrected chi connectivity index (χ2v) is 5.48. The first kappa shape index (κ1) is 15.3. The summed E-state index contributed by atoms with van der Waals surface area (Å²) in [5.74, 6) is 0.989. The molecule has 3 unspecified atom stereocenters. The molecule has 1 aromatic rings. The maximum absolute atomic E-state index is 6.07. The lowest BCUT2D eigenvalue weighted by Gasteiger charge is -2.26. The van der Waals surface area contributed by atoms with E-state index in [1.807, 2.05) is 6.07 Å². The molecular formula is C17H27NO2. The lowest BCUT2D eigenvalue weighted by molar-refractivity contribution is 0.0313. The molecule has 0 bridgehead atoms. The van der Waals surface area contributed by atoms with E-state index < -0.39 is 0 Å². The Morgan fingerprint density at radius 1 is 1.30 bits per heavy atom. The van der Waals surface area contributed by atoms with Crippen LogP contribution in [0.4, 0.5) is 0 Å². The van der Waals surface area contributed by atoms with E-state index in [0.717, 1.165) is 38.2 Å². The highest BCUT2D eigenvalue weighted by molar-refractivity contribution is 5.36. The predicted molar refractivity (Wildman–Crippen MR) is 82.2 cm³/mol. The SMILES string of the molecule is CCCOc1ccccc1C(NCC)C1CCC(C)O1. The first-order chi connectivity index (χ1) is 9.76. The molecule has 0 aliphatic carbocycles. The smallest absolute Gasteiger partial charge is 0.124 e. The summed E-state index contributed by atoms with van der Waals surface area (Å²) in [7, 11) is 0. The van der Waals surface area contributed by atoms with Crippen molar-refractivity contribution in [3.63, 3.8) is 0 Å². The molecule has 1 N–H and O–H groups in total. The minimum atomic E-state index is 0.220. The number of para-hydroxylation sites is 1. The zero-order chi connectivity index (χ0) is 14.4. The number of likely N-dealkylation sites (N-methyl/N-ethyl adjacent to an activating group) is 1. The summed E-state index contributed by atoms with van der Waals surface area (Å²) in [6.07, 6.45) is 3.89. The third kappa shape index (κ3) is 3.74. The lowest BCUT2D eigenvalue weighted by Crippen LogP contribution is -2.32. The van der Waals surface area contributed by atoms with Crippen LogP contribution < -0.4 is 10.1 Å². The highest BCUT2D eigenvalue weighted by Crippen LogP contribution is 2.34. The molecule has 112 valence electrons. The molecule has 3 heteroatoms. The van der Waals surface area contributed by atoms with Crippen molar-refractivity contribution in [2.45, 2.75) is 58.3 Å². The van der Waals surface area contributed by atoms with Crippen molar-refractivity contribution < 1.29 is 9.47 Å². The van der Waals surface area contributed by atoms with Crippen LogP contribution in [-0.4, -0.2) is 25.4 Å². The molecule has 20 heavy (non-hydrogen) atoms. The van der Waals surface area contributed by atoms with Gasteiger partial charge in [0.25, 0.3) is 0 Å². The third-order valence-corrected chi connectivity index (χ3v) is 3.78. The Morgan fingerprint density at radius 2 is 2.10 bits per heavy atom. The molecule has 0 amide bonds. The monoisotopic (exact) mass is 277 g/mol. The Hall–Kier alpha value is -1.06. The molecule has 1 aliphatic rings. The molecule has 3 nitrogen and oxygen atoms in total. The molecule has 1 fully saturated rings. The van der Waals surface area contributed by atoms with Gasteiger partial charge in [-0.25, -0.2) is 0 Å². The van der Waals surface area contributed by atoms with Crippen LogP contribution in [0.2, 0.25) is 0 Å². The summed E-state index contributed by atoms with van der Waals surface area (Å²) in [5.41, 5.74) is 1.22. The quantitative estimate of drug-likeness (QED) is 0.824. The van der Waals surface area contributed by atoms with Gasteiger partial charge in [0.15, 0.2) is 0 Å². The van der Waals surface area contributed by atoms with Gasteiger partial charge in [-0.05, 0) is 38.8 Å². The zero-order valence-electron chi connectivity index (χ0n) is 12.9. The molecule has 2 rings (SSSR count). The Kier molecular flexibility index (Phi) is 5.86. The van der Waals surface area contributed by atoms with Crippen LogP contribution in [0.15, 0.2) is 24.3 Å². The number of ether oxygens (including phenoxy) is 2. The van der Waals surface area contributed by atoms with Crippen LogP contribution >= 0.6 is 0 Å². The maximum atomic E-state index is 6.07. The van der Waals surface area contributed by atoms with Crippen LogP contribution in [0.5, 0.6) is 5.75 Å². The summed E-state index contributed by atoms with van der Waals surface area (Å²) >= 11 is 0. The minimum absolute atomic E-state index is 0.220. The Labute approximate surface area is 122 Å². The van der Waals surface area contributed by atoms with Gasteiger partial charge in [-0.1, -0.05) is 32.0 Å². The topological polar surface area (TPSA) is 30.5 Å². The van der Waals surface area contributed by atoms with E-state index >= 15 is 0 Å². The number of nitrogens with one attached hydrogen (secondary N) is 1. The molecule has 0 spiro atoms. The zero-order valence-corrected chi connectivity index (χ0v) is 12.9. The lowest BCUT2D eigenvalue weighted by atomic mass is 9.98. The summed E-state index contributed by atoms with van der Waals surface area (Å²) in [6, 6.07) is 8.56. The fourth-order valence-electron chi connectivity index (χ4n) is 2.82. The molecule has 0 aromatic heterocycles. The van der Waals surface area contributed by atoms with Gasteiger partial charge in [0.1, 0.15) is 5.75 Å². The average Bonchev–Trinajstić information content (AvgIpc) is 2.89. The minimum Gasteiger partial charge on any atom is -0.493 e. The third-order valence-electron chi connectivity index (χ3n) is 3.78. The van der Waals surface area contributed by atoms with E-state index in [1.54, 1.807) is 0 Å². The van der Waals surface area contributed by atoms with Gasteiger partial charge in [0.05, 0.1) is 24.9 Å². The Bertz CT molecular complexity index is 408. The van der Waals surface area contributed by atoms with E-state index in [-0.39, 0.29) is 12.1 Å². The van der Waals surface area contributed by atoms with Gasteiger partial charge in [-0.3, -0.25) is 0 Å². The van der Waals surface area contributed by atoms with E-state index in [4.69, 9.17) is 9.47 Å². The van der Waals surface area contributed by atoms with Crippen molar-refractivity contribution in [1.82, 2.24) is 5.32 Å². The van der Waals surface area contributed by atoms with E-state index in [9.17, 15) is 0 Å². The number of rotatable bonds is 7. The largest absolute Gasteiger partial charge is 0.493 e. The van der Waals surface area contributed by atoms with Crippen LogP contribution in [0.25, 0.3) is 0 Å². The van der Waals surface area contributed by atoms with Crippen molar-refractivity contribution in [2.75, 3.05) is 13.2 Å². The standard InChI is InChI=1S/C17H27NO2/c1-4-12-19-15-9-7-6-8-14(15)17(18-5-2)16-11-10-13(3)20-16/h6-9,13,16-18H,4-5,10-12H2,1-3H3. The average molecular weight is 277 g/mol.